The number of ether oxygens (including phenoxy) is 4. The van der Waals surface area contributed by atoms with E-state index in [1.807, 2.05) is 0 Å². The summed E-state index contributed by atoms with van der Waals surface area (Å²) in [5.41, 5.74) is 0. The molecule has 0 aromatic rings. The van der Waals surface area contributed by atoms with Gasteiger partial charge in [0.2, 0.25) is 0 Å². The summed E-state index contributed by atoms with van der Waals surface area (Å²) in [6, 6.07) is 0. The molecule has 0 amide bonds. The molecule has 0 aromatic heterocycles. The molecule has 0 unspecified atom stereocenters. The normalized spacial score (nSPS) is 11.6. The first-order chi connectivity index (χ1) is 40.2. The van der Waals surface area contributed by atoms with Gasteiger partial charge in [0.15, 0.2) is 0 Å². The first kappa shape index (κ1) is 79.8. The van der Waals surface area contributed by atoms with Crippen LogP contribution >= 0.6 is 0 Å². The van der Waals surface area contributed by atoms with Crippen LogP contribution in [0.3, 0.4) is 0 Å². The molecule has 11 nitrogen and oxygen atoms in total. The molecule has 0 aliphatic heterocycles. The summed E-state index contributed by atoms with van der Waals surface area (Å²) in [6.45, 7) is 16.5. The van der Waals surface area contributed by atoms with Crippen molar-refractivity contribution in [2.45, 2.75) is 349 Å². The van der Waals surface area contributed by atoms with Crippen molar-refractivity contribution in [3.63, 3.8) is 0 Å². The average molecular weight is 1160 g/mol. The molecule has 0 aromatic carbocycles. The number of carbonyl (C=O) groups excluding carboxylic acids is 4. The summed E-state index contributed by atoms with van der Waals surface area (Å²) in [7, 11) is 2.14. The Balaban J connectivity index is 5.06. The maximum absolute atomic E-state index is 12.9. The van der Waals surface area contributed by atoms with Crippen molar-refractivity contribution in [2.24, 2.45) is 0 Å². The van der Waals surface area contributed by atoms with E-state index in [1.165, 1.54) is 231 Å². The molecule has 0 aliphatic rings. The molecule has 11 heteroatoms. The van der Waals surface area contributed by atoms with Crippen LogP contribution in [0.25, 0.3) is 0 Å². The predicted octanol–water partition coefficient (Wildman–Crippen LogP) is 19.3. The number of esters is 4. The monoisotopic (exact) mass is 1160 g/mol. The van der Waals surface area contributed by atoms with Crippen molar-refractivity contribution in [1.82, 2.24) is 14.7 Å². The first-order valence-electron chi connectivity index (χ1n) is 36.0. The van der Waals surface area contributed by atoms with Crippen LogP contribution in [0.1, 0.15) is 349 Å². The molecule has 486 valence electrons. The van der Waals surface area contributed by atoms with Gasteiger partial charge in [-0.1, -0.05) is 285 Å². The van der Waals surface area contributed by atoms with Crippen LogP contribution < -0.4 is 0 Å². The lowest BCUT2D eigenvalue weighted by Crippen LogP contribution is -2.34. The predicted molar refractivity (Wildman–Crippen MR) is 348 cm³/mol. The molecule has 0 heterocycles. The Morgan fingerprint density at radius 3 is 0.573 bits per heavy atom. The molecule has 0 radical (unpaired) electrons. The Morgan fingerprint density at radius 1 is 0.220 bits per heavy atom. The van der Waals surface area contributed by atoms with Crippen molar-refractivity contribution in [3.8, 4) is 0 Å². The zero-order valence-electron chi connectivity index (χ0n) is 55.4. The molecule has 0 saturated heterocycles. The van der Waals surface area contributed by atoms with Gasteiger partial charge < -0.3 is 33.6 Å². The molecular weight excluding hydrogens is 1020 g/mol. The molecular formula is C71H139N3O8. The van der Waals surface area contributed by atoms with Gasteiger partial charge >= 0.3 is 23.9 Å². The lowest BCUT2D eigenvalue weighted by Gasteiger charge is -2.25. The molecule has 0 saturated carbocycles. The minimum Gasteiger partial charge on any atom is -0.466 e. The molecule has 0 N–H and O–H groups in total. The molecule has 82 heavy (non-hydrogen) atoms. The van der Waals surface area contributed by atoms with Crippen LogP contribution in [0.4, 0.5) is 0 Å². The van der Waals surface area contributed by atoms with E-state index in [1.54, 1.807) is 0 Å². The molecule has 0 rings (SSSR count). The number of rotatable bonds is 68. The minimum absolute atomic E-state index is 0.159. The highest BCUT2D eigenvalue weighted by Crippen LogP contribution is 2.16. The van der Waals surface area contributed by atoms with Crippen molar-refractivity contribution in [3.05, 3.63) is 0 Å². The maximum Gasteiger partial charge on any atom is 0.307 e. The maximum atomic E-state index is 12.9. The second-order valence-electron chi connectivity index (χ2n) is 24.7. The van der Waals surface area contributed by atoms with Gasteiger partial charge in [-0.15, -0.1) is 0 Å². The highest BCUT2D eigenvalue weighted by atomic mass is 16.5. The van der Waals surface area contributed by atoms with Crippen LogP contribution in [0.15, 0.2) is 0 Å². The Hall–Kier alpha value is -2.24. The van der Waals surface area contributed by atoms with E-state index in [2.05, 4.69) is 49.4 Å². The summed E-state index contributed by atoms with van der Waals surface area (Å²) < 4.78 is 22.7. The third-order valence-electron chi connectivity index (χ3n) is 16.6. The third-order valence-corrected chi connectivity index (χ3v) is 16.6. The minimum atomic E-state index is -0.159. The molecule has 0 aliphatic carbocycles. The van der Waals surface area contributed by atoms with Crippen LogP contribution in [-0.2, 0) is 38.1 Å². The smallest absolute Gasteiger partial charge is 0.307 e. The highest BCUT2D eigenvalue weighted by molar-refractivity contribution is 5.71. The van der Waals surface area contributed by atoms with E-state index in [0.29, 0.717) is 78.3 Å². The largest absolute Gasteiger partial charge is 0.466 e. The van der Waals surface area contributed by atoms with Gasteiger partial charge in [-0.25, -0.2) is 0 Å². The van der Waals surface area contributed by atoms with Crippen LogP contribution in [0.2, 0.25) is 0 Å². The molecule has 0 fully saturated rings. The third kappa shape index (κ3) is 62.3. The fraction of sp³-hybridized carbons (Fsp3) is 0.944. The molecule has 0 bridgehead atoms. The van der Waals surface area contributed by atoms with Crippen molar-refractivity contribution in [2.75, 3.05) is 85.8 Å². The number of nitrogens with zero attached hydrogens (tertiary/aromatic N) is 3. The second kappa shape index (κ2) is 66.3. The van der Waals surface area contributed by atoms with E-state index in [-0.39, 0.29) is 23.9 Å². The van der Waals surface area contributed by atoms with Gasteiger partial charge in [0, 0.05) is 26.2 Å². The van der Waals surface area contributed by atoms with E-state index in [0.717, 1.165) is 90.4 Å². The van der Waals surface area contributed by atoms with E-state index in [4.69, 9.17) is 18.9 Å². The van der Waals surface area contributed by atoms with Gasteiger partial charge in [0.1, 0.15) is 0 Å². The summed E-state index contributed by atoms with van der Waals surface area (Å²) in [4.78, 5) is 58.4. The van der Waals surface area contributed by atoms with Crippen molar-refractivity contribution < 1.29 is 38.1 Å². The fourth-order valence-electron chi connectivity index (χ4n) is 11.0. The van der Waals surface area contributed by atoms with Gasteiger partial charge in [-0.2, -0.15) is 0 Å². The number of carbonyl (C=O) groups is 4. The number of hydrogen-bond acceptors (Lipinski definition) is 11. The lowest BCUT2D eigenvalue weighted by molar-refractivity contribution is -0.146. The highest BCUT2D eigenvalue weighted by Gasteiger charge is 2.16. The zero-order chi connectivity index (χ0) is 59.7. The number of hydrogen-bond donors (Lipinski definition) is 0. The SMILES string of the molecule is CCCCCCCCCCCCCOC(=O)CCN(CCCN(C)CCCN(CCC(=O)OCCCCCCCCCCCCC)CCC(=O)OCCCCCCCCCCCCC)CCC(=O)OCCCCCCCCCCCCC. The molecule has 0 atom stereocenters. The molecule has 0 spiro atoms. The summed E-state index contributed by atoms with van der Waals surface area (Å²) >= 11 is 0. The van der Waals surface area contributed by atoms with Gasteiger partial charge in [-0.3, -0.25) is 19.2 Å². The Bertz CT molecular complexity index is 1170. The van der Waals surface area contributed by atoms with Gasteiger partial charge in [0.25, 0.3) is 0 Å². The summed E-state index contributed by atoms with van der Waals surface area (Å²) in [5.74, 6) is -0.637. The topological polar surface area (TPSA) is 115 Å². The average Bonchev–Trinajstić information content (AvgIpc) is 3.47. The van der Waals surface area contributed by atoms with E-state index >= 15 is 0 Å². The van der Waals surface area contributed by atoms with Crippen LogP contribution in [0, 0.1) is 0 Å². The van der Waals surface area contributed by atoms with Gasteiger partial charge in [-0.05, 0) is 71.8 Å². The van der Waals surface area contributed by atoms with E-state index < -0.39 is 0 Å². The Labute approximate surface area is 509 Å². The number of unbranched alkanes of at least 4 members (excludes halogenated alkanes) is 40. The Kier molecular flexibility index (Phi) is 64.5. The second-order valence-corrected chi connectivity index (χ2v) is 24.7. The van der Waals surface area contributed by atoms with Gasteiger partial charge in [0.05, 0.1) is 52.1 Å². The van der Waals surface area contributed by atoms with E-state index in [9.17, 15) is 19.2 Å². The fourth-order valence-corrected chi connectivity index (χ4v) is 11.0. The quantitative estimate of drug-likeness (QED) is 0.0329. The Morgan fingerprint density at radius 2 is 0.390 bits per heavy atom. The summed E-state index contributed by atoms with van der Waals surface area (Å²) in [5, 5.41) is 0. The zero-order valence-corrected chi connectivity index (χ0v) is 55.4. The summed E-state index contributed by atoms with van der Waals surface area (Å²) in [6.07, 6.45) is 58.5. The van der Waals surface area contributed by atoms with Crippen LogP contribution in [0.5, 0.6) is 0 Å². The standard InChI is InChI=1S/C71H139N3O8/c1-6-10-14-18-22-26-30-34-38-42-46-64-79-68(75)52-60-73(61-53-69(76)80-65-47-43-39-35-31-27-23-19-15-11-7-2)58-50-56-72(5)57-51-59-74(62-54-70(77)81-66-48-44-40-36-32-28-24-20-16-12-8-3)63-55-71(78)82-67-49-45-41-37-33-29-25-21-17-13-9-4/h6-67H2,1-5H3. The van der Waals surface area contributed by atoms with Crippen molar-refractivity contribution >= 4 is 23.9 Å². The lowest BCUT2D eigenvalue weighted by atomic mass is 10.1. The van der Waals surface area contributed by atoms with Crippen molar-refractivity contribution in [1.29, 1.82) is 0 Å². The van der Waals surface area contributed by atoms with Crippen LogP contribution in [-0.4, -0.2) is 124 Å². The first-order valence-corrected chi connectivity index (χ1v) is 36.0.